The van der Waals surface area contributed by atoms with Gasteiger partial charge in [-0.15, -0.1) is 0 Å². The molecule has 0 spiro atoms. The first kappa shape index (κ1) is 10.6. The molecule has 92 valence electrons. The van der Waals surface area contributed by atoms with Crippen molar-refractivity contribution in [2.75, 3.05) is 36.5 Å². The summed E-state index contributed by atoms with van der Waals surface area (Å²) in [5, 5.41) is 3.25. The van der Waals surface area contributed by atoms with Gasteiger partial charge in [0.05, 0.1) is 0 Å². The van der Waals surface area contributed by atoms with Crippen molar-refractivity contribution < 1.29 is 0 Å². The molecule has 17 heavy (non-hydrogen) atoms. The zero-order valence-electron chi connectivity index (χ0n) is 9.98. The number of hydrogen-bond acceptors (Lipinski definition) is 6. The predicted octanol–water partition coefficient (Wildman–Crippen LogP) is -0.0736. The Hall–Kier alpha value is -1.56. The van der Waals surface area contributed by atoms with Gasteiger partial charge in [-0.2, -0.15) is 9.97 Å². The van der Waals surface area contributed by atoms with Crippen molar-refractivity contribution in [3.63, 3.8) is 0 Å². The summed E-state index contributed by atoms with van der Waals surface area (Å²) in [4.78, 5) is 10.7. The lowest BCUT2D eigenvalue weighted by Gasteiger charge is -2.41. The minimum absolute atomic E-state index is 0.273. The largest absolute Gasteiger partial charge is 0.383 e. The Morgan fingerprint density at radius 2 is 1.94 bits per heavy atom. The van der Waals surface area contributed by atoms with Gasteiger partial charge in [-0.25, -0.2) is 0 Å². The topological polar surface area (TPSA) is 93.1 Å². The summed E-state index contributed by atoms with van der Waals surface area (Å²) in [5.41, 5.74) is 12.8. The van der Waals surface area contributed by atoms with Crippen LogP contribution in [0.15, 0.2) is 0 Å². The molecule has 6 heteroatoms. The van der Waals surface area contributed by atoms with E-state index in [1.807, 2.05) is 7.05 Å². The molecule has 0 aromatic carbocycles. The summed E-state index contributed by atoms with van der Waals surface area (Å²) in [6.45, 7) is 1.93. The zero-order valence-corrected chi connectivity index (χ0v) is 9.98. The highest BCUT2D eigenvalue weighted by Crippen LogP contribution is 2.46. The Morgan fingerprint density at radius 1 is 1.24 bits per heavy atom. The lowest BCUT2D eigenvalue weighted by Crippen LogP contribution is -2.57. The van der Waals surface area contributed by atoms with Crippen molar-refractivity contribution in [2.45, 2.75) is 24.8 Å². The minimum atomic E-state index is 0.273. The molecular formula is C11H18N6. The fourth-order valence-electron chi connectivity index (χ4n) is 2.33. The molecule has 1 aliphatic heterocycles. The van der Waals surface area contributed by atoms with E-state index in [2.05, 4.69) is 20.2 Å². The standard InChI is InChI=1S/C11H18N6/c1-14-7-4-17(5-7)10-8(6-2-3-6)9(12)15-11(13)16-10/h6-7,14H,2-5H2,1H3,(H4,12,13,15,16). The molecule has 5 N–H and O–H groups in total. The van der Waals surface area contributed by atoms with Crippen LogP contribution in [-0.2, 0) is 0 Å². The van der Waals surface area contributed by atoms with Gasteiger partial charge in [0, 0.05) is 24.7 Å². The van der Waals surface area contributed by atoms with Crippen molar-refractivity contribution in [1.29, 1.82) is 0 Å². The van der Waals surface area contributed by atoms with Crippen LogP contribution in [0.25, 0.3) is 0 Å². The fourth-order valence-corrected chi connectivity index (χ4v) is 2.33. The molecule has 2 fully saturated rings. The number of nitrogens with two attached hydrogens (primary N) is 2. The van der Waals surface area contributed by atoms with Crippen molar-refractivity contribution in [2.24, 2.45) is 0 Å². The molecule has 3 rings (SSSR count). The van der Waals surface area contributed by atoms with Crippen LogP contribution in [0.1, 0.15) is 24.3 Å². The lowest BCUT2D eigenvalue weighted by atomic mass is 10.1. The van der Waals surface area contributed by atoms with Crippen LogP contribution in [-0.4, -0.2) is 36.1 Å². The second-order valence-corrected chi connectivity index (χ2v) is 4.87. The molecular weight excluding hydrogens is 216 g/mol. The van der Waals surface area contributed by atoms with Gasteiger partial charge in [-0.05, 0) is 25.8 Å². The van der Waals surface area contributed by atoms with E-state index in [-0.39, 0.29) is 5.95 Å². The summed E-state index contributed by atoms with van der Waals surface area (Å²) in [5.74, 6) is 2.32. The van der Waals surface area contributed by atoms with E-state index in [1.54, 1.807) is 0 Å². The van der Waals surface area contributed by atoms with E-state index >= 15 is 0 Å². The van der Waals surface area contributed by atoms with Gasteiger partial charge in [-0.1, -0.05) is 0 Å². The van der Waals surface area contributed by atoms with Crippen molar-refractivity contribution in [3.8, 4) is 0 Å². The van der Waals surface area contributed by atoms with Crippen molar-refractivity contribution in [1.82, 2.24) is 15.3 Å². The van der Waals surface area contributed by atoms with Gasteiger partial charge in [-0.3, -0.25) is 0 Å². The average Bonchev–Trinajstić information content (AvgIpc) is 2.99. The lowest BCUT2D eigenvalue weighted by molar-refractivity contribution is 0.446. The number of hydrogen-bond donors (Lipinski definition) is 3. The molecule has 1 aliphatic carbocycles. The second kappa shape index (κ2) is 3.73. The van der Waals surface area contributed by atoms with E-state index in [1.165, 1.54) is 12.8 Å². The molecule has 6 nitrogen and oxygen atoms in total. The Bertz CT molecular complexity index is 436. The van der Waals surface area contributed by atoms with E-state index in [0.717, 1.165) is 24.5 Å². The first-order chi connectivity index (χ1) is 8.19. The van der Waals surface area contributed by atoms with Gasteiger partial charge in [0.2, 0.25) is 5.95 Å². The van der Waals surface area contributed by atoms with Crippen LogP contribution < -0.4 is 21.7 Å². The van der Waals surface area contributed by atoms with Crippen LogP contribution in [0.2, 0.25) is 0 Å². The molecule has 2 heterocycles. The van der Waals surface area contributed by atoms with Crippen LogP contribution in [0, 0.1) is 0 Å². The molecule has 1 saturated carbocycles. The third-order valence-electron chi connectivity index (χ3n) is 3.55. The number of nitrogen functional groups attached to an aromatic ring is 2. The number of anilines is 3. The fraction of sp³-hybridized carbons (Fsp3) is 0.636. The maximum absolute atomic E-state index is 5.97. The SMILES string of the molecule is CNC1CN(c2nc(N)nc(N)c2C2CC2)C1. The van der Waals surface area contributed by atoms with Crippen LogP contribution in [0.4, 0.5) is 17.6 Å². The average molecular weight is 234 g/mol. The third-order valence-corrected chi connectivity index (χ3v) is 3.55. The number of nitrogens with zero attached hydrogens (tertiary/aromatic N) is 3. The van der Waals surface area contributed by atoms with Crippen LogP contribution in [0.3, 0.4) is 0 Å². The van der Waals surface area contributed by atoms with Gasteiger partial charge < -0.3 is 21.7 Å². The monoisotopic (exact) mass is 234 g/mol. The minimum Gasteiger partial charge on any atom is -0.383 e. The number of likely N-dealkylation sites (N-methyl/N-ethyl adjacent to an activating group) is 1. The normalized spacial score (nSPS) is 20.4. The Labute approximate surface area is 100 Å². The predicted molar refractivity (Wildman–Crippen MR) is 67.9 cm³/mol. The maximum atomic E-state index is 5.97. The summed E-state index contributed by atoms with van der Waals surface area (Å²) in [7, 11) is 1.98. The maximum Gasteiger partial charge on any atom is 0.223 e. The van der Waals surface area contributed by atoms with Gasteiger partial charge in [0.15, 0.2) is 0 Å². The summed E-state index contributed by atoms with van der Waals surface area (Å²) >= 11 is 0. The Balaban J connectivity index is 1.92. The first-order valence-corrected chi connectivity index (χ1v) is 6.04. The first-order valence-electron chi connectivity index (χ1n) is 6.04. The Kier molecular flexibility index (Phi) is 2.32. The molecule has 0 bridgehead atoms. The van der Waals surface area contributed by atoms with Crippen LogP contribution in [0.5, 0.6) is 0 Å². The highest BCUT2D eigenvalue weighted by Gasteiger charge is 2.35. The molecule has 1 saturated heterocycles. The molecule has 0 unspecified atom stereocenters. The third kappa shape index (κ3) is 1.78. The smallest absolute Gasteiger partial charge is 0.223 e. The second-order valence-electron chi connectivity index (χ2n) is 4.87. The quantitative estimate of drug-likeness (QED) is 0.677. The molecule has 0 amide bonds. The van der Waals surface area contributed by atoms with E-state index < -0.39 is 0 Å². The van der Waals surface area contributed by atoms with Crippen molar-refractivity contribution in [3.05, 3.63) is 5.56 Å². The summed E-state index contributed by atoms with van der Waals surface area (Å²) in [6, 6.07) is 0.541. The van der Waals surface area contributed by atoms with E-state index in [9.17, 15) is 0 Å². The van der Waals surface area contributed by atoms with Crippen LogP contribution >= 0.6 is 0 Å². The molecule has 1 aromatic rings. The number of rotatable bonds is 3. The molecule has 0 radical (unpaired) electrons. The van der Waals surface area contributed by atoms with E-state index in [4.69, 9.17) is 11.5 Å². The number of aromatic nitrogens is 2. The molecule has 1 aromatic heterocycles. The van der Waals surface area contributed by atoms with Crippen molar-refractivity contribution >= 4 is 17.6 Å². The highest BCUT2D eigenvalue weighted by molar-refractivity contribution is 5.63. The Morgan fingerprint density at radius 3 is 2.53 bits per heavy atom. The molecule has 2 aliphatic rings. The molecule has 0 atom stereocenters. The highest BCUT2D eigenvalue weighted by atomic mass is 15.3. The van der Waals surface area contributed by atoms with Gasteiger partial charge >= 0.3 is 0 Å². The van der Waals surface area contributed by atoms with E-state index in [0.29, 0.717) is 17.8 Å². The summed E-state index contributed by atoms with van der Waals surface area (Å²) < 4.78 is 0. The van der Waals surface area contributed by atoms with Gasteiger partial charge in [0.25, 0.3) is 0 Å². The zero-order chi connectivity index (χ0) is 12.0. The summed E-state index contributed by atoms with van der Waals surface area (Å²) in [6.07, 6.45) is 2.38. The number of nitrogens with one attached hydrogen (secondary N) is 1. The van der Waals surface area contributed by atoms with Gasteiger partial charge in [0.1, 0.15) is 11.6 Å².